The van der Waals surface area contributed by atoms with E-state index in [1.54, 1.807) is 19.1 Å². The van der Waals surface area contributed by atoms with Gasteiger partial charge in [0.1, 0.15) is 0 Å². The number of nitrogens with zero attached hydrogens (tertiary/aromatic N) is 1. The average molecular weight is 448 g/mol. The molecule has 158 valence electrons. The van der Waals surface area contributed by atoms with Gasteiger partial charge in [-0.2, -0.15) is 4.31 Å². The van der Waals surface area contributed by atoms with Gasteiger partial charge in [0.25, 0.3) is 0 Å². The first kappa shape index (κ1) is 21.9. The van der Waals surface area contributed by atoms with Gasteiger partial charge in [-0.05, 0) is 47.2 Å². The highest BCUT2D eigenvalue weighted by Crippen LogP contribution is 2.22. The number of nitrogens with two attached hydrogens (primary N) is 1. The van der Waals surface area contributed by atoms with Crippen LogP contribution in [0.5, 0.6) is 0 Å². The van der Waals surface area contributed by atoms with E-state index in [4.69, 9.17) is 5.14 Å². The van der Waals surface area contributed by atoms with E-state index in [2.05, 4.69) is 5.32 Å². The standard InChI is InChI=1S/C20H21N3O5S2/c1-2-23(14-20(24)22-17-8-11-18(12-9-17)29(21,25)26)30(27,28)19-10-7-15-5-3-4-6-16(15)13-19/h3-13H,2,14H2,1H3,(H,22,24)(H2,21,25,26). The van der Waals surface area contributed by atoms with Crippen LogP contribution in [0.15, 0.2) is 76.5 Å². The fraction of sp³-hybridized carbons (Fsp3) is 0.150. The monoisotopic (exact) mass is 447 g/mol. The molecule has 0 spiro atoms. The molecule has 0 aromatic heterocycles. The number of amides is 1. The third-order valence-corrected chi connectivity index (χ3v) is 7.34. The van der Waals surface area contributed by atoms with Crippen LogP contribution in [-0.2, 0) is 24.8 Å². The van der Waals surface area contributed by atoms with Crippen LogP contribution in [0.2, 0.25) is 0 Å². The predicted octanol–water partition coefficient (Wildman–Crippen LogP) is 2.14. The van der Waals surface area contributed by atoms with E-state index in [0.717, 1.165) is 15.1 Å². The molecule has 0 fully saturated rings. The minimum Gasteiger partial charge on any atom is -0.325 e. The number of fused-ring (bicyclic) bond motifs is 1. The van der Waals surface area contributed by atoms with Gasteiger partial charge in [-0.1, -0.05) is 37.3 Å². The first-order valence-corrected chi connectivity index (χ1v) is 12.0. The summed E-state index contributed by atoms with van der Waals surface area (Å²) in [6.07, 6.45) is 0. The molecule has 0 aliphatic rings. The van der Waals surface area contributed by atoms with Gasteiger partial charge in [0.2, 0.25) is 26.0 Å². The molecule has 0 saturated carbocycles. The Hall–Kier alpha value is -2.79. The number of rotatable bonds is 7. The molecule has 8 nitrogen and oxygen atoms in total. The average Bonchev–Trinajstić information content (AvgIpc) is 2.71. The van der Waals surface area contributed by atoms with Crippen LogP contribution in [0.1, 0.15) is 6.92 Å². The normalized spacial score (nSPS) is 12.2. The molecule has 0 saturated heterocycles. The van der Waals surface area contributed by atoms with Crippen molar-refractivity contribution in [3.63, 3.8) is 0 Å². The van der Waals surface area contributed by atoms with Crippen molar-refractivity contribution in [3.05, 3.63) is 66.7 Å². The molecule has 3 aromatic rings. The van der Waals surface area contributed by atoms with Crippen LogP contribution in [0.4, 0.5) is 5.69 Å². The predicted molar refractivity (Wildman–Crippen MR) is 115 cm³/mol. The lowest BCUT2D eigenvalue weighted by Gasteiger charge is -2.20. The van der Waals surface area contributed by atoms with Gasteiger partial charge in [0.15, 0.2) is 0 Å². The number of hydrogen-bond donors (Lipinski definition) is 2. The number of nitrogens with one attached hydrogen (secondary N) is 1. The highest BCUT2D eigenvalue weighted by molar-refractivity contribution is 7.89. The molecule has 0 bridgehead atoms. The minimum absolute atomic E-state index is 0.0884. The third-order valence-electron chi connectivity index (χ3n) is 4.50. The molecule has 0 aliphatic heterocycles. The number of carbonyl (C=O) groups excluding carboxylic acids is 1. The number of anilines is 1. The minimum atomic E-state index is -3.88. The second kappa shape index (κ2) is 8.52. The fourth-order valence-electron chi connectivity index (χ4n) is 2.93. The second-order valence-electron chi connectivity index (χ2n) is 6.56. The van der Waals surface area contributed by atoms with Gasteiger partial charge in [-0.15, -0.1) is 0 Å². The molecule has 1 amide bonds. The zero-order chi connectivity index (χ0) is 21.9. The lowest BCUT2D eigenvalue weighted by atomic mass is 10.1. The number of carbonyl (C=O) groups is 1. The molecule has 30 heavy (non-hydrogen) atoms. The number of likely N-dealkylation sites (N-methyl/N-ethyl adjacent to an activating group) is 1. The molecular weight excluding hydrogens is 426 g/mol. The summed E-state index contributed by atoms with van der Waals surface area (Å²) in [5.41, 5.74) is 0.326. The highest BCUT2D eigenvalue weighted by Gasteiger charge is 2.25. The van der Waals surface area contributed by atoms with Crippen molar-refractivity contribution < 1.29 is 21.6 Å². The van der Waals surface area contributed by atoms with E-state index >= 15 is 0 Å². The molecule has 10 heteroatoms. The second-order valence-corrected chi connectivity index (χ2v) is 10.1. The van der Waals surface area contributed by atoms with Gasteiger partial charge in [-0.25, -0.2) is 22.0 Å². The molecule has 3 N–H and O–H groups in total. The number of primary sulfonamides is 1. The molecule has 3 aromatic carbocycles. The molecule has 0 unspecified atom stereocenters. The van der Waals surface area contributed by atoms with E-state index in [9.17, 15) is 21.6 Å². The topological polar surface area (TPSA) is 127 Å². The lowest BCUT2D eigenvalue weighted by molar-refractivity contribution is -0.116. The van der Waals surface area contributed by atoms with E-state index in [0.29, 0.717) is 5.69 Å². The Balaban J connectivity index is 1.76. The van der Waals surface area contributed by atoms with E-state index in [1.165, 1.54) is 30.3 Å². The lowest BCUT2D eigenvalue weighted by Crippen LogP contribution is -2.37. The largest absolute Gasteiger partial charge is 0.325 e. The first-order chi connectivity index (χ1) is 14.1. The maximum Gasteiger partial charge on any atom is 0.243 e. The van der Waals surface area contributed by atoms with Gasteiger partial charge < -0.3 is 5.32 Å². The van der Waals surface area contributed by atoms with E-state index in [1.807, 2.05) is 24.3 Å². The van der Waals surface area contributed by atoms with E-state index in [-0.39, 0.29) is 22.9 Å². The summed E-state index contributed by atoms with van der Waals surface area (Å²) >= 11 is 0. The number of benzene rings is 3. The van der Waals surface area contributed by atoms with Crippen molar-refractivity contribution >= 4 is 42.4 Å². The van der Waals surface area contributed by atoms with Crippen molar-refractivity contribution in [2.45, 2.75) is 16.7 Å². The number of sulfonamides is 2. The fourth-order valence-corrected chi connectivity index (χ4v) is 4.89. The summed E-state index contributed by atoms with van der Waals surface area (Å²) in [6, 6.07) is 17.5. The Morgan fingerprint density at radius 1 is 0.900 bits per heavy atom. The molecule has 0 heterocycles. The smallest absolute Gasteiger partial charge is 0.243 e. The van der Waals surface area contributed by atoms with Crippen LogP contribution < -0.4 is 10.5 Å². The van der Waals surface area contributed by atoms with Crippen molar-refractivity contribution in [2.24, 2.45) is 5.14 Å². The van der Waals surface area contributed by atoms with Crippen molar-refractivity contribution in [3.8, 4) is 0 Å². The van der Waals surface area contributed by atoms with Crippen LogP contribution >= 0.6 is 0 Å². The van der Waals surface area contributed by atoms with Crippen LogP contribution in [-0.4, -0.2) is 40.1 Å². The maximum absolute atomic E-state index is 13.0. The summed E-state index contributed by atoms with van der Waals surface area (Å²) in [4.78, 5) is 12.4. The molecule has 0 radical (unpaired) electrons. The van der Waals surface area contributed by atoms with Gasteiger partial charge in [-0.3, -0.25) is 4.79 Å². The van der Waals surface area contributed by atoms with Gasteiger partial charge in [0.05, 0.1) is 16.3 Å². The third kappa shape index (κ3) is 4.85. The van der Waals surface area contributed by atoms with Gasteiger partial charge >= 0.3 is 0 Å². The summed E-state index contributed by atoms with van der Waals surface area (Å²) in [5.74, 6) is -0.551. The van der Waals surface area contributed by atoms with Crippen molar-refractivity contribution in [1.29, 1.82) is 0 Å². The zero-order valence-electron chi connectivity index (χ0n) is 16.1. The number of hydrogen-bond acceptors (Lipinski definition) is 5. The molecular formula is C20H21N3O5S2. The summed E-state index contributed by atoms with van der Waals surface area (Å²) in [5, 5.41) is 9.30. The molecule has 0 aliphatic carbocycles. The highest BCUT2D eigenvalue weighted by atomic mass is 32.2. The summed E-state index contributed by atoms with van der Waals surface area (Å²) in [6.45, 7) is 1.36. The Bertz CT molecular complexity index is 1290. The van der Waals surface area contributed by atoms with Crippen molar-refractivity contribution in [2.75, 3.05) is 18.4 Å². The summed E-state index contributed by atoms with van der Waals surface area (Å²) in [7, 11) is -7.72. The SMILES string of the molecule is CCN(CC(=O)Nc1ccc(S(N)(=O)=O)cc1)S(=O)(=O)c1ccc2ccccc2c1. The quantitative estimate of drug-likeness (QED) is 0.574. The Morgan fingerprint density at radius 2 is 1.50 bits per heavy atom. The van der Waals surface area contributed by atoms with Crippen LogP contribution in [0.3, 0.4) is 0 Å². The maximum atomic E-state index is 13.0. The molecule has 3 rings (SSSR count). The van der Waals surface area contributed by atoms with Crippen LogP contribution in [0.25, 0.3) is 10.8 Å². The zero-order valence-corrected chi connectivity index (χ0v) is 17.8. The first-order valence-electron chi connectivity index (χ1n) is 9.03. The Kier molecular flexibility index (Phi) is 6.22. The van der Waals surface area contributed by atoms with Crippen LogP contribution in [0, 0.1) is 0 Å². The summed E-state index contributed by atoms with van der Waals surface area (Å²) < 4.78 is 49.7. The van der Waals surface area contributed by atoms with E-state index < -0.39 is 26.0 Å². The Labute approximate surface area is 175 Å². The van der Waals surface area contributed by atoms with Gasteiger partial charge in [0, 0.05) is 12.2 Å². The molecule has 0 atom stereocenters. The van der Waals surface area contributed by atoms with Crippen molar-refractivity contribution in [1.82, 2.24) is 4.31 Å². The Morgan fingerprint density at radius 3 is 2.10 bits per heavy atom.